The maximum Gasteiger partial charge on any atom is 0.123 e. The van der Waals surface area contributed by atoms with E-state index in [0.717, 1.165) is 29.6 Å². The summed E-state index contributed by atoms with van der Waals surface area (Å²) in [6, 6.07) is 5.81. The Balaban J connectivity index is 2.60. The molecular weight excluding hydrogens is 183 g/mol. The van der Waals surface area contributed by atoms with Crippen molar-refractivity contribution in [2.45, 2.75) is 6.42 Å². The molecule has 0 bridgehead atoms. The predicted octanol–water partition coefficient (Wildman–Crippen LogP) is 1.87. The third-order valence-electron chi connectivity index (χ3n) is 2.30. The third-order valence-corrected chi connectivity index (χ3v) is 3.88. The van der Waals surface area contributed by atoms with Gasteiger partial charge in [-0.2, -0.15) is 0 Å². The zero-order valence-corrected chi connectivity index (χ0v) is 8.80. The molecule has 1 aliphatic rings. The summed E-state index contributed by atoms with van der Waals surface area (Å²) in [4.78, 5) is 0. The molecule has 13 heavy (non-hydrogen) atoms. The van der Waals surface area contributed by atoms with E-state index in [1.165, 1.54) is 0 Å². The van der Waals surface area contributed by atoms with Crippen molar-refractivity contribution in [1.29, 1.82) is 0 Å². The second-order valence-electron chi connectivity index (χ2n) is 3.70. The predicted molar refractivity (Wildman–Crippen MR) is 54.7 cm³/mol. The van der Waals surface area contributed by atoms with Crippen LogP contribution in [0.2, 0.25) is 0 Å². The monoisotopic (exact) mass is 196 g/mol. The highest BCUT2D eigenvalue weighted by Crippen LogP contribution is 2.39. The molecule has 0 unspecified atom stereocenters. The lowest BCUT2D eigenvalue weighted by atomic mass is 10.2. The fourth-order valence-corrected chi connectivity index (χ4v) is 3.03. The van der Waals surface area contributed by atoms with Crippen LogP contribution in [0.4, 0.5) is 0 Å². The van der Waals surface area contributed by atoms with Crippen LogP contribution in [-0.2, 0) is 11.0 Å². The molecule has 0 amide bonds. The average Bonchev–Trinajstić information content (AvgIpc) is 2.48. The Kier molecular flexibility index (Phi) is 1.96. The van der Waals surface area contributed by atoms with E-state index in [9.17, 15) is 4.57 Å². The first-order chi connectivity index (χ1) is 6.09. The second kappa shape index (κ2) is 2.88. The molecular formula is C10H13O2P. The summed E-state index contributed by atoms with van der Waals surface area (Å²) in [5.41, 5.74) is 1.15. The molecule has 0 spiro atoms. The van der Waals surface area contributed by atoms with Crippen LogP contribution in [0.5, 0.6) is 5.75 Å². The zero-order valence-electron chi connectivity index (χ0n) is 7.91. The van der Waals surface area contributed by atoms with E-state index in [4.69, 9.17) is 4.74 Å². The quantitative estimate of drug-likeness (QED) is 0.641. The Morgan fingerprint density at radius 3 is 2.85 bits per heavy atom. The van der Waals surface area contributed by atoms with Crippen LogP contribution in [0.3, 0.4) is 0 Å². The number of benzene rings is 1. The second-order valence-corrected chi connectivity index (χ2v) is 6.89. The van der Waals surface area contributed by atoms with Gasteiger partial charge in [-0.15, -0.1) is 0 Å². The standard InChI is InChI=1S/C10H13O2P/c1-13(2,11)10-5-3-4-9-8(10)6-7-12-9/h3-5H,6-7H2,1-2H3. The molecule has 0 N–H and O–H groups in total. The molecule has 0 atom stereocenters. The van der Waals surface area contributed by atoms with E-state index in [-0.39, 0.29) is 0 Å². The summed E-state index contributed by atoms with van der Waals surface area (Å²) in [6.45, 7) is 4.34. The topological polar surface area (TPSA) is 26.3 Å². The lowest BCUT2D eigenvalue weighted by molar-refractivity contribution is 0.357. The van der Waals surface area contributed by atoms with Gasteiger partial charge in [-0.05, 0) is 19.4 Å². The van der Waals surface area contributed by atoms with Crippen LogP contribution in [0.15, 0.2) is 18.2 Å². The molecule has 0 saturated carbocycles. The first-order valence-electron chi connectivity index (χ1n) is 4.39. The maximum absolute atomic E-state index is 11.9. The summed E-state index contributed by atoms with van der Waals surface area (Å²) in [5.74, 6) is 0.918. The molecule has 0 aliphatic carbocycles. The number of hydrogen-bond donors (Lipinski definition) is 0. The Hall–Kier alpha value is -0.750. The fraction of sp³-hybridized carbons (Fsp3) is 0.400. The number of hydrogen-bond acceptors (Lipinski definition) is 2. The van der Waals surface area contributed by atoms with Gasteiger partial charge in [-0.1, -0.05) is 12.1 Å². The number of rotatable bonds is 1. The van der Waals surface area contributed by atoms with Crippen molar-refractivity contribution in [2.24, 2.45) is 0 Å². The highest BCUT2D eigenvalue weighted by Gasteiger charge is 2.22. The van der Waals surface area contributed by atoms with Crippen molar-refractivity contribution >= 4 is 12.4 Å². The first-order valence-corrected chi connectivity index (χ1v) is 6.99. The van der Waals surface area contributed by atoms with Gasteiger partial charge in [0.15, 0.2) is 0 Å². The summed E-state index contributed by atoms with van der Waals surface area (Å²) < 4.78 is 17.3. The molecule has 70 valence electrons. The van der Waals surface area contributed by atoms with Crippen molar-refractivity contribution in [1.82, 2.24) is 0 Å². The molecule has 2 nitrogen and oxygen atoms in total. The van der Waals surface area contributed by atoms with Gasteiger partial charge in [0.2, 0.25) is 0 Å². The van der Waals surface area contributed by atoms with E-state index in [0.29, 0.717) is 0 Å². The number of fused-ring (bicyclic) bond motifs is 1. The van der Waals surface area contributed by atoms with Gasteiger partial charge in [0.05, 0.1) is 6.61 Å². The summed E-state index contributed by atoms with van der Waals surface area (Å²) in [7, 11) is -2.14. The van der Waals surface area contributed by atoms with Gasteiger partial charge in [0, 0.05) is 17.3 Å². The summed E-state index contributed by atoms with van der Waals surface area (Å²) in [6.07, 6.45) is 0.900. The van der Waals surface area contributed by atoms with Crippen LogP contribution < -0.4 is 10.0 Å². The summed E-state index contributed by atoms with van der Waals surface area (Å²) >= 11 is 0. The Bertz CT molecular complexity index is 379. The van der Waals surface area contributed by atoms with E-state index in [1.54, 1.807) is 13.3 Å². The van der Waals surface area contributed by atoms with Crippen LogP contribution in [0.1, 0.15) is 5.56 Å². The van der Waals surface area contributed by atoms with Crippen molar-refractivity contribution < 1.29 is 9.30 Å². The molecule has 0 radical (unpaired) electrons. The smallest absolute Gasteiger partial charge is 0.123 e. The van der Waals surface area contributed by atoms with Gasteiger partial charge in [0.1, 0.15) is 12.9 Å². The highest BCUT2D eigenvalue weighted by molar-refractivity contribution is 7.70. The molecule has 1 aliphatic heterocycles. The van der Waals surface area contributed by atoms with Crippen LogP contribution in [0.25, 0.3) is 0 Å². The lowest BCUT2D eigenvalue weighted by Crippen LogP contribution is -2.08. The van der Waals surface area contributed by atoms with E-state index in [2.05, 4.69) is 0 Å². The van der Waals surface area contributed by atoms with E-state index in [1.807, 2.05) is 18.2 Å². The normalized spacial score (nSPS) is 15.2. The Morgan fingerprint density at radius 1 is 1.38 bits per heavy atom. The van der Waals surface area contributed by atoms with Crippen molar-refractivity contribution in [2.75, 3.05) is 19.9 Å². The fourth-order valence-electron chi connectivity index (χ4n) is 1.71. The molecule has 1 aromatic carbocycles. The largest absolute Gasteiger partial charge is 0.493 e. The maximum atomic E-state index is 11.9. The van der Waals surface area contributed by atoms with Gasteiger partial charge in [-0.3, -0.25) is 0 Å². The minimum Gasteiger partial charge on any atom is -0.493 e. The van der Waals surface area contributed by atoms with Crippen LogP contribution in [-0.4, -0.2) is 19.9 Å². The van der Waals surface area contributed by atoms with Crippen molar-refractivity contribution in [3.63, 3.8) is 0 Å². The van der Waals surface area contributed by atoms with Crippen LogP contribution >= 0.6 is 7.14 Å². The SMILES string of the molecule is CP(C)(=O)c1cccc2c1CCO2. The van der Waals surface area contributed by atoms with E-state index < -0.39 is 7.14 Å². The van der Waals surface area contributed by atoms with Crippen molar-refractivity contribution in [3.05, 3.63) is 23.8 Å². The van der Waals surface area contributed by atoms with Crippen LogP contribution in [0, 0.1) is 0 Å². The molecule has 0 fully saturated rings. The minimum absolute atomic E-state index is 0.729. The Morgan fingerprint density at radius 2 is 2.15 bits per heavy atom. The highest BCUT2D eigenvalue weighted by atomic mass is 31.2. The lowest BCUT2D eigenvalue weighted by Gasteiger charge is -2.10. The first kappa shape index (κ1) is 8.83. The van der Waals surface area contributed by atoms with Gasteiger partial charge in [-0.25, -0.2) is 0 Å². The summed E-state index contributed by atoms with van der Waals surface area (Å²) in [5, 5.41) is 0.988. The molecule has 0 aromatic heterocycles. The van der Waals surface area contributed by atoms with Gasteiger partial charge >= 0.3 is 0 Å². The molecule has 1 heterocycles. The molecule has 2 rings (SSSR count). The third kappa shape index (κ3) is 1.51. The minimum atomic E-state index is -2.14. The van der Waals surface area contributed by atoms with Gasteiger partial charge in [0.25, 0.3) is 0 Å². The van der Waals surface area contributed by atoms with E-state index >= 15 is 0 Å². The van der Waals surface area contributed by atoms with Crippen molar-refractivity contribution in [3.8, 4) is 5.75 Å². The average molecular weight is 196 g/mol. The van der Waals surface area contributed by atoms with Gasteiger partial charge < -0.3 is 9.30 Å². The number of ether oxygens (including phenoxy) is 1. The molecule has 3 heteroatoms. The zero-order chi connectivity index (χ0) is 9.47. The molecule has 1 aromatic rings. The Labute approximate surface area is 78.3 Å². The molecule has 0 saturated heterocycles.